The molecule has 120 valence electrons. The fourth-order valence-corrected chi connectivity index (χ4v) is 1.85. The predicted octanol–water partition coefficient (Wildman–Crippen LogP) is 3.66. The number of hydrogen-bond acceptors (Lipinski definition) is 3. The number of nitrogens with one attached hydrogen (secondary N) is 1. The second-order valence-electron chi connectivity index (χ2n) is 5.95. The molecule has 21 heavy (non-hydrogen) atoms. The van der Waals surface area contributed by atoms with Gasteiger partial charge in [0.15, 0.2) is 0 Å². The van der Waals surface area contributed by atoms with Crippen molar-refractivity contribution in [1.29, 1.82) is 0 Å². The van der Waals surface area contributed by atoms with Crippen molar-refractivity contribution in [3.8, 4) is 0 Å². The van der Waals surface area contributed by atoms with Gasteiger partial charge < -0.3 is 5.32 Å². The van der Waals surface area contributed by atoms with Crippen molar-refractivity contribution in [2.75, 3.05) is 11.9 Å². The Bertz CT molecular complexity index is 553. The maximum absolute atomic E-state index is 12.3. The molecule has 0 aliphatic rings. The minimum absolute atomic E-state index is 0.0275. The molecule has 0 aromatic carbocycles. The van der Waals surface area contributed by atoms with Gasteiger partial charge in [-0.05, 0) is 27.3 Å². The summed E-state index contributed by atoms with van der Waals surface area (Å²) in [4.78, 5) is 11.8. The van der Waals surface area contributed by atoms with Crippen molar-refractivity contribution in [2.24, 2.45) is 11.3 Å². The molecule has 1 aromatic rings. The van der Waals surface area contributed by atoms with Crippen molar-refractivity contribution in [1.82, 2.24) is 9.78 Å². The molecule has 0 amide bonds. The number of anilines is 1. The van der Waals surface area contributed by atoms with Crippen LogP contribution in [0.3, 0.4) is 0 Å². The van der Waals surface area contributed by atoms with Crippen LogP contribution < -0.4 is 10.9 Å². The molecular formula is C13H19BrF3N3O. The van der Waals surface area contributed by atoms with Gasteiger partial charge in [-0.3, -0.25) is 4.79 Å². The lowest BCUT2D eigenvalue weighted by atomic mass is 9.81. The van der Waals surface area contributed by atoms with Gasteiger partial charge >= 0.3 is 6.18 Å². The first kappa shape index (κ1) is 18.0. The van der Waals surface area contributed by atoms with Crippen LogP contribution in [0.1, 0.15) is 27.7 Å². The third-order valence-corrected chi connectivity index (χ3v) is 4.38. The highest BCUT2D eigenvalue weighted by atomic mass is 79.9. The Balaban J connectivity index is 2.93. The molecule has 0 bridgehead atoms. The molecule has 1 N–H and O–H groups in total. The molecule has 0 spiro atoms. The Labute approximate surface area is 129 Å². The number of rotatable bonds is 5. The van der Waals surface area contributed by atoms with Gasteiger partial charge in [-0.15, -0.1) is 0 Å². The van der Waals surface area contributed by atoms with Crippen LogP contribution in [0.5, 0.6) is 0 Å². The van der Waals surface area contributed by atoms with E-state index in [4.69, 9.17) is 0 Å². The summed E-state index contributed by atoms with van der Waals surface area (Å²) in [5, 5.41) is 6.62. The summed E-state index contributed by atoms with van der Waals surface area (Å²) in [5.41, 5.74) is -0.438. The van der Waals surface area contributed by atoms with Gasteiger partial charge in [0.05, 0.1) is 11.9 Å². The van der Waals surface area contributed by atoms with Gasteiger partial charge in [0, 0.05) is 6.54 Å². The number of halogens is 4. The maximum Gasteiger partial charge on any atom is 0.408 e. The first-order valence-electron chi connectivity index (χ1n) is 6.50. The van der Waals surface area contributed by atoms with Crippen molar-refractivity contribution in [3.63, 3.8) is 0 Å². The normalized spacial score (nSPS) is 12.8. The van der Waals surface area contributed by atoms with Crippen LogP contribution in [-0.2, 0) is 6.54 Å². The fourth-order valence-electron chi connectivity index (χ4n) is 1.40. The molecule has 0 fully saturated rings. The first-order valence-corrected chi connectivity index (χ1v) is 7.29. The van der Waals surface area contributed by atoms with Crippen molar-refractivity contribution in [2.45, 2.75) is 40.4 Å². The second kappa shape index (κ2) is 6.37. The lowest BCUT2D eigenvalue weighted by Crippen LogP contribution is -2.32. The van der Waals surface area contributed by atoms with Crippen molar-refractivity contribution < 1.29 is 13.2 Å². The number of nitrogens with zero attached hydrogens (tertiary/aromatic N) is 2. The smallest absolute Gasteiger partial charge is 0.382 e. The molecule has 0 unspecified atom stereocenters. The van der Waals surface area contributed by atoms with Crippen LogP contribution in [0.4, 0.5) is 18.9 Å². The van der Waals surface area contributed by atoms with E-state index in [1.807, 2.05) is 0 Å². The van der Waals surface area contributed by atoms with E-state index >= 15 is 0 Å². The average molecular weight is 370 g/mol. The quantitative estimate of drug-likeness (QED) is 0.861. The highest BCUT2D eigenvalue weighted by Gasteiger charge is 2.30. The molecule has 1 aromatic heterocycles. The Morgan fingerprint density at radius 2 is 1.95 bits per heavy atom. The lowest BCUT2D eigenvalue weighted by Gasteiger charge is -2.30. The molecule has 4 nitrogen and oxygen atoms in total. The van der Waals surface area contributed by atoms with Crippen LogP contribution in [-0.4, -0.2) is 22.5 Å². The summed E-state index contributed by atoms with van der Waals surface area (Å²) in [5.74, 6) is 0.405. The monoisotopic (exact) mass is 369 g/mol. The zero-order chi connectivity index (χ0) is 16.4. The summed E-state index contributed by atoms with van der Waals surface area (Å²) < 4.78 is 37.4. The molecule has 0 radical (unpaired) electrons. The standard InChI is InChI=1S/C13H19BrF3N3O/c1-8(2)12(3,4)6-18-9-5-19-20(7-13(15,16)17)11(21)10(9)14/h5,8,18H,6-7H2,1-4H3. The molecule has 1 heterocycles. The van der Waals surface area contributed by atoms with Gasteiger partial charge in [-0.1, -0.05) is 27.7 Å². The number of hydrogen-bond donors (Lipinski definition) is 1. The molecular weight excluding hydrogens is 351 g/mol. The average Bonchev–Trinajstić information content (AvgIpc) is 2.32. The Kier molecular flexibility index (Phi) is 5.46. The van der Waals surface area contributed by atoms with Crippen LogP contribution in [0.2, 0.25) is 0 Å². The summed E-state index contributed by atoms with van der Waals surface area (Å²) in [7, 11) is 0. The SMILES string of the molecule is CC(C)C(C)(C)CNc1cnn(CC(F)(F)F)c(=O)c1Br. The van der Waals surface area contributed by atoms with Crippen molar-refractivity contribution >= 4 is 21.6 Å². The van der Waals surface area contributed by atoms with Crippen LogP contribution in [0, 0.1) is 11.3 Å². The van der Waals surface area contributed by atoms with E-state index < -0.39 is 18.3 Å². The second-order valence-corrected chi connectivity index (χ2v) is 6.74. The van der Waals surface area contributed by atoms with Gasteiger partial charge in [0.2, 0.25) is 0 Å². The summed E-state index contributed by atoms with van der Waals surface area (Å²) in [6.45, 7) is 7.47. The predicted molar refractivity (Wildman–Crippen MR) is 79.4 cm³/mol. The maximum atomic E-state index is 12.3. The van der Waals surface area contributed by atoms with Gasteiger partial charge in [0.25, 0.3) is 5.56 Å². The minimum Gasteiger partial charge on any atom is -0.382 e. The van der Waals surface area contributed by atoms with E-state index in [2.05, 4.69) is 54.0 Å². The highest BCUT2D eigenvalue weighted by molar-refractivity contribution is 9.10. The van der Waals surface area contributed by atoms with E-state index in [0.717, 1.165) is 0 Å². The summed E-state index contributed by atoms with van der Waals surface area (Å²) in [6.07, 6.45) is -3.25. The molecule has 0 saturated heterocycles. The zero-order valence-corrected chi connectivity index (χ0v) is 14.0. The first-order chi connectivity index (χ1) is 9.44. The van der Waals surface area contributed by atoms with Crippen LogP contribution in [0.25, 0.3) is 0 Å². The topological polar surface area (TPSA) is 46.9 Å². The highest BCUT2D eigenvalue weighted by Crippen LogP contribution is 2.27. The van der Waals surface area contributed by atoms with E-state index in [1.54, 1.807) is 0 Å². The van der Waals surface area contributed by atoms with Gasteiger partial charge in [-0.25, -0.2) is 4.68 Å². The van der Waals surface area contributed by atoms with E-state index in [-0.39, 0.29) is 9.89 Å². The molecule has 8 heteroatoms. The third-order valence-electron chi connectivity index (χ3n) is 3.61. The van der Waals surface area contributed by atoms with E-state index in [1.165, 1.54) is 6.20 Å². The minimum atomic E-state index is -4.48. The third kappa shape index (κ3) is 5.01. The Morgan fingerprint density at radius 3 is 2.43 bits per heavy atom. The Hall–Kier alpha value is -1.05. The number of alkyl halides is 3. The zero-order valence-electron chi connectivity index (χ0n) is 12.4. The summed E-state index contributed by atoms with van der Waals surface area (Å²) in [6, 6.07) is 0. The molecule has 1 rings (SSSR count). The van der Waals surface area contributed by atoms with Gasteiger partial charge in [-0.2, -0.15) is 18.3 Å². The summed E-state index contributed by atoms with van der Waals surface area (Å²) >= 11 is 3.04. The van der Waals surface area contributed by atoms with Crippen molar-refractivity contribution in [3.05, 3.63) is 21.0 Å². The molecule has 0 aliphatic carbocycles. The van der Waals surface area contributed by atoms with Crippen LogP contribution >= 0.6 is 15.9 Å². The largest absolute Gasteiger partial charge is 0.408 e. The lowest BCUT2D eigenvalue weighted by molar-refractivity contribution is -0.143. The molecule has 0 saturated carbocycles. The van der Waals surface area contributed by atoms with E-state index in [0.29, 0.717) is 22.8 Å². The Morgan fingerprint density at radius 1 is 1.38 bits per heavy atom. The van der Waals surface area contributed by atoms with Crippen LogP contribution in [0.15, 0.2) is 15.5 Å². The van der Waals surface area contributed by atoms with E-state index in [9.17, 15) is 18.0 Å². The van der Waals surface area contributed by atoms with Gasteiger partial charge in [0.1, 0.15) is 11.0 Å². The number of aromatic nitrogens is 2. The molecule has 0 aliphatic heterocycles. The molecule has 0 atom stereocenters. The fraction of sp³-hybridized carbons (Fsp3) is 0.692.